The van der Waals surface area contributed by atoms with Crippen LogP contribution in [0.2, 0.25) is 5.02 Å². The van der Waals surface area contributed by atoms with Crippen LogP contribution in [0.5, 0.6) is 0 Å². The van der Waals surface area contributed by atoms with E-state index >= 15 is 0 Å². The number of ether oxygens (including phenoxy) is 1. The van der Waals surface area contributed by atoms with Crippen molar-refractivity contribution in [2.75, 3.05) is 19.8 Å². The summed E-state index contributed by atoms with van der Waals surface area (Å²) in [7, 11) is 0. The Morgan fingerprint density at radius 3 is 2.58 bits per heavy atom. The second-order valence-corrected chi connectivity index (χ2v) is 4.93. The summed E-state index contributed by atoms with van der Waals surface area (Å²) in [6, 6.07) is 7.44. The molecule has 5 heteroatoms. The Morgan fingerprint density at radius 2 is 2.00 bits per heavy atom. The predicted octanol–water partition coefficient (Wildman–Crippen LogP) is 1.58. The second-order valence-electron chi connectivity index (χ2n) is 4.49. The van der Waals surface area contributed by atoms with Gasteiger partial charge in [0.05, 0.1) is 25.9 Å². The third-order valence-electron chi connectivity index (χ3n) is 2.85. The van der Waals surface area contributed by atoms with Crippen molar-refractivity contribution in [1.82, 2.24) is 5.32 Å². The van der Waals surface area contributed by atoms with Gasteiger partial charge in [0.25, 0.3) is 0 Å². The molecule has 108 valence electrons. The summed E-state index contributed by atoms with van der Waals surface area (Å²) in [5.41, 5.74) is 1.02. The van der Waals surface area contributed by atoms with E-state index in [0.717, 1.165) is 12.0 Å². The minimum atomic E-state index is -0.576. The van der Waals surface area contributed by atoms with E-state index in [-0.39, 0.29) is 19.3 Å². The Bertz CT molecular complexity index is 341. The molecule has 1 aromatic carbocycles. The third kappa shape index (κ3) is 6.89. The molecule has 0 spiro atoms. The predicted molar refractivity (Wildman–Crippen MR) is 76.3 cm³/mol. The number of hydrogen-bond donors (Lipinski definition) is 3. The molecule has 0 bridgehead atoms. The molecule has 0 aliphatic heterocycles. The number of aliphatic hydroxyl groups excluding tert-OH is 2. The van der Waals surface area contributed by atoms with Gasteiger partial charge in [-0.2, -0.15) is 0 Å². The van der Waals surface area contributed by atoms with Gasteiger partial charge in [-0.25, -0.2) is 0 Å². The molecule has 0 saturated heterocycles. The minimum Gasteiger partial charge on any atom is -0.395 e. The average Bonchev–Trinajstić information content (AvgIpc) is 2.42. The van der Waals surface area contributed by atoms with Gasteiger partial charge in [0.1, 0.15) is 0 Å². The maximum Gasteiger partial charge on any atom is 0.0897 e. The number of halogens is 1. The molecule has 0 unspecified atom stereocenters. The fourth-order valence-electron chi connectivity index (χ4n) is 1.59. The number of benzene rings is 1. The van der Waals surface area contributed by atoms with Gasteiger partial charge in [0.2, 0.25) is 0 Å². The average molecular weight is 288 g/mol. The van der Waals surface area contributed by atoms with E-state index in [0.29, 0.717) is 18.2 Å². The number of hydrogen-bond acceptors (Lipinski definition) is 4. The van der Waals surface area contributed by atoms with Gasteiger partial charge in [0, 0.05) is 17.6 Å². The van der Waals surface area contributed by atoms with Crippen LogP contribution in [-0.4, -0.2) is 42.1 Å². The first-order valence-electron chi connectivity index (χ1n) is 6.50. The first kappa shape index (κ1) is 16.4. The number of nitrogens with one attached hydrogen (secondary N) is 1. The van der Waals surface area contributed by atoms with Gasteiger partial charge in [0.15, 0.2) is 0 Å². The first-order valence-corrected chi connectivity index (χ1v) is 6.88. The topological polar surface area (TPSA) is 61.7 Å². The third-order valence-corrected chi connectivity index (χ3v) is 3.10. The van der Waals surface area contributed by atoms with Crippen molar-refractivity contribution in [1.29, 1.82) is 0 Å². The van der Waals surface area contributed by atoms with Crippen molar-refractivity contribution in [2.24, 2.45) is 0 Å². The van der Waals surface area contributed by atoms with E-state index in [1.165, 1.54) is 0 Å². The monoisotopic (exact) mass is 287 g/mol. The molecular weight excluding hydrogens is 266 g/mol. The van der Waals surface area contributed by atoms with Gasteiger partial charge in [-0.05, 0) is 24.1 Å². The maximum absolute atomic E-state index is 9.72. The Balaban J connectivity index is 2.16. The van der Waals surface area contributed by atoms with Crippen molar-refractivity contribution in [3.05, 3.63) is 34.9 Å². The van der Waals surface area contributed by atoms with E-state index in [9.17, 15) is 5.11 Å². The van der Waals surface area contributed by atoms with Crippen LogP contribution in [0.3, 0.4) is 0 Å². The summed E-state index contributed by atoms with van der Waals surface area (Å²) in [5.74, 6) is 0. The molecule has 0 saturated carbocycles. The molecule has 0 fully saturated rings. The van der Waals surface area contributed by atoms with Gasteiger partial charge < -0.3 is 20.3 Å². The van der Waals surface area contributed by atoms with E-state index in [1.807, 2.05) is 31.2 Å². The van der Waals surface area contributed by atoms with Crippen LogP contribution in [-0.2, 0) is 11.3 Å². The highest BCUT2D eigenvalue weighted by molar-refractivity contribution is 6.30. The van der Waals surface area contributed by atoms with Crippen LogP contribution in [0, 0.1) is 0 Å². The highest BCUT2D eigenvalue weighted by atomic mass is 35.5. The van der Waals surface area contributed by atoms with Crippen LogP contribution in [0.15, 0.2) is 24.3 Å². The van der Waals surface area contributed by atoms with Crippen molar-refractivity contribution in [3.63, 3.8) is 0 Å². The molecule has 1 rings (SSSR count). The molecule has 0 aliphatic carbocycles. The van der Waals surface area contributed by atoms with Crippen LogP contribution in [0.4, 0.5) is 0 Å². The summed E-state index contributed by atoms with van der Waals surface area (Å²) in [4.78, 5) is 0. The molecule has 19 heavy (non-hydrogen) atoms. The molecule has 4 nitrogen and oxygen atoms in total. The van der Waals surface area contributed by atoms with Gasteiger partial charge in [-0.15, -0.1) is 0 Å². The summed E-state index contributed by atoms with van der Waals surface area (Å²) in [6.07, 6.45) is 0.252. The molecule has 0 aromatic heterocycles. The minimum absolute atomic E-state index is 0.0333. The zero-order chi connectivity index (χ0) is 14.1. The zero-order valence-electron chi connectivity index (χ0n) is 11.2. The van der Waals surface area contributed by atoms with Crippen molar-refractivity contribution in [2.45, 2.75) is 32.1 Å². The maximum atomic E-state index is 9.72. The lowest BCUT2D eigenvalue weighted by Crippen LogP contribution is -2.39. The summed E-state index contributed by atoms with van der Waals surface area (Å²) in [5, 5.41) is 22.5. The smallest absolute Gasteiger partial charge is 0.0897 e. The largest absolute Gasteiger partial charge is 0.395 e. The van der Waals surface area contributed by atoms with Gasteiger partial charge >= 0.3 is 0 Å². The SMILES string of the molecule is CC[C@H](CO)NC[C@@H](O)COCc1ccc(Cl)cc1. The molecule has 0 radical (unpaired) electrons. The Morgan fingerprint density at radius 1 is 1.32 bits per heavy atom. The van der Waals surface area contributed by atoms with Gasteiger partial charge in [-0.1, -0.05) is 30.7 Å². The normalized spacial score (nSPS) is 14.3. The van der Waals surface area contributed by atoms with E-state index in [1.54, 1.807) is 0 Å². The lowest BCUT2D eigenvalue weighted by molar-refractivity contribution is 0.0265. The second kappa shape index (κ2) is 9.28. The lowest BCUT2D eigenvalue weighted by Gasteiger charge is -2.17. The van der Waals surface area contributed by atoms with Crippen molar-refractivity contribution < 1.29 is 14.9 Å². The van der Waals surface area contributed by atoms with Crippen LogP contribution in [0.25, 0.3) is 0 Å². The quantitative estimate of drug-likeness (QED) is 0.645. The highest BCUT2D eigenvalue weighted by Crippen LogP contribution is 2.10. The molecule has 1 aromatic rings. The number of aliphatic hydroxyl groups is 2. The Labute approximate surface area is 119 Å². The summed E-state index contributed by atoms with van der Waals surface area (Å²) >= 11 is 5.78. The molecular formula is C14H22ClNO3. The zero-order valence-corrected chi connectivity index (χ0v) is 11.9. The fourth-order valence-corrected chi connectivity index (χ4v) is 1.72. The summed E-state index contributed by atoms with van der Waals surface area (Å²) < 4.78 is 5.43. The van der Waals surface area contributed by atoms with E-state index < -0.39 is 6.10 Å². The Hall–Kier alpha value is -0.650. The van der Waals surface area contributed by atoms with E-state index in [4.69, 9.17) is 21.4 Å². The van der Waals surface area contributed by atoms with Crippen molar-refractivity contribution in [3.8, 4) is 0 Å². The standard InChI is InChI=1S/C14H22ClNO3/c1-2-13(8-17)16-7-14(18)10-19-9-11-3-5-12(15)6-4-11/h3-6,13-14,16-18H,2,7-10H2,1H3/t13-,14-/m1/s1. The number of rotatable bonds is 9. The molecule has 0 aliphatic rings. The highest BCUT2D eigenvalue weighted by Gasteiger charge is 2.08. The molecule has 2 atom stereocenters. The molecule has 3 N–H and O–H groups in total. The van der Waals surface area contributed by atoms with Crippen LogP contribution >= 0.6 is 11.6 Å². The lowest BCUT2D eigenvalue weighted by atomic mass is 10.2. The van der Waals surface area contributed by atoms with Crippen LogP contribution < -0.4 is 5.32 Å². The summed E-state index contributed by atoms with van der Waals surface area (Å²) in [6.45, 7) is 3.19. The first-order chi connectivity index (χ1) is 9.15. The van der Waals surface area contributed by atoms with Crippen LogP contribution in [0.1, 0.15) is 18.9 Å². The molecule has 0 heterocycles. The van der Waals surface area contributed by atoms with Crippen molar-refractivity contribution >= 4 is 11.6 Å². The molecule has 0 amide bonds. The fraction of sp³-hybridized carbons (Fsp3) is 0.571. The van der Waals surface area contributed by atoms with Gasteiger partial charge in [-0.3, -0.25) is 0 Å². The van der Waals surface area contributed by atoms with E-state index in [2.05, 4.69) is 5.32 Å². The Kier molecular flexibility index (Phi) is 8.02.